The van der Waals surface area contributed by atoms with Crippen LogP contribution in [0, 0.1) is 5.82 Å². The zero-order valence-corrected chi connectivity index (χ0v) is 9.49. The molecule has 0 fully saturated rings. The van der Waals surface area contributed by atoms with E-state index in [-0.39, 0.29) is 21.9 Å². The Balaban J connectivity index is 2.49. The number of ether oxygens (including phenoxy) is 1. The normalized spacial score (nSPS) is 18.9. The fourth-order valence-electron chi connectivity index (χ4n) is 1.47. The lowest BCUT2D eigenvalue weighted by atomic mass is 10.1. The van der Waals surface area contributed by atoms with Gasteiger partial charge in [-0.3, -0.25) is 4.79 Å². The molecule has 1 aromatic carbocycles. The Morgan fingerprint density at radius 2 is 2.24 bits per heavy atom. The van der Waals surface area contributed by atoms with Crippen molar-refractivity contribution in [3.63, 3.8) is 0 Å². The van der Waals surface area contributed by atoms with E-state index >= 15 is 0 Å². The summed E-state index contributed by atoms with van der Waals surface area (Å²) in [4.78, 5) is 25.9. The average molecular weight is 256 g/mol. The number of carbonyl (C=O) groups is 2. The molecule has 1 aromatic rings. The molecule has 0 saturated carbocycles. The lowest BCUT2D eigenvalue weighted by Crippen LogP contribution is -2.07. The Morgan fingerprint density at radius 3 is 2.76 bits per heavy atom. The Hall–Kier alpha value is -1.75. The minimum atomic E-state index is -0.930. The van der Waals surface area contributed by atoms with Gasteiger partial charge in [-0.25, -0.2) is 14.2 Å². The number of halogens is 2. The van der Waals surface area contributed by atoms with Crippen LogP contribution in [-0.2, 0) is 9.53 Å². The highest BCUT2D eigenvalue weighted by Gasteiger charge is 2.28. The molecule has 17 heavy (non-hydrogen) atoms. The van der Waals surface area contributed by atoms with Gasteiger partial charge in [0.25, 0.3) is 0 Å². The van der Waals surface area contributed by atoms with Crippen LogP contribution in [0.1, 0.15) is 29.1 Å². The second-order valence-corrected chi connectivity index (χ2v) is 3.89. The number of esters is 1. The maximum atomic E-state index is 13.2. The molecule has 0 radical (unpaired) electrons. The number of aldehydes is 1. The molecule has 4 nitrogen and oxygen atoms in total. The van der Waals surface area contributed by atoms with Crippen molar-refractivity contribution in [2.75, 3.05) is 0 Å². The van der Waals surface area contributed by atoms with Crippen LogP contribution in [0.25, 0.3) is 0 Å². The second-order valence-electron chi connectivity index (χ2n) is 3.49. The summed E-state index contributed by atoms with van der Waals surface area (Å²) in [5.41, 5.74) is 0.534. The van der Waals surface area contributed by atoms with Crippen LogP contribution in [0.3, 0.4) is 0 Å². The summed E-state index contributed by atoms with van der Waals surface area (Å²) in [5.74, 6) is -1.27. The van der Waals surface area contributed by atoms with Crippen molar-refractivity contribution in [2.45, 2.75) is 13.2 Å². The van der Waals surface area contributed by atoms with Crippen LogP contribution in [0.4, 0.5) is 4.39 Å². The summed E-state index contributed by atoms with van der Waals surface area (Å²) in [5, 5.41) is -0.151. The summed E-state index contributed by atoms with van der Waals surface area (Å²) in [6, 6.07) is 2.22. The lowest BCUT2D eigenvalue weighted by molar-refractivity contribution is -0.137. The number of hydrogen-bond acceptors (Lipinski definition) is 4. The van der Waals surface area contributed by atoms with E-state index in [1.54, 1.807) is 0 Å². The van der Waals surface area contributed by atoms with E-state index in [4.69, 9.17) is 16.3 Å². The van der Waals surface area contributed by atoms with Crippen molar-refractivity contribution in [3.05, 3.63) is 34.1 Å². The van der Waals surface area contributed by atoms with E-state index in [0.717, 1.165) is 6.07 Å². The quantitative estimate of drug-likeness (QED) is 0.602. The molecule has 1 unspecified atom stereocenters. The summed E-state index contributed by atoms with van der Waals surface area (Å²) in [6.07, 6.45) is -0.466. The number of aliphatic imine (C=N–C) groups is 1. The number of cyclic esters (lactones) is 1. The van der Waals surface area contributed by atoms with Crippen LogP contribution in [-0.4, -0.2) is 18.0 Å². The molecule has 6 heteroatoms. The number of rotatable bonds is 2. The summed E-state index contributed by atoms with van der Waals surface area (Å²) in [6.45, 7) is 1.49. The minimum Gasteiger partial charge on any atom is -0.431 e. The van der Waals surface area contributed by atoms with E-state index in [1.807, 2.05) is 0 Å². The summed E-state index contributed by atoms with van der Waals surface area (Å²) < 4.78 is 18.1. The maximum absolute atomic E-state index is 13.2. The fourth-order valence-corrected chi connectivity index (χ4v) is 1.64. The van der Waals surface area contributed by atoms with Crippen LogP contribution in [0.5, 0.6) is 0 Å². The predicted molar refractivity (Wildman–Crippen MR) is 58.7 cm³/mol. The molecule has 1 aliphatic heterocycles. The Morgan fingerprint density at radius 1 is 1.53 bits per heavy atom. The molecule has 2 rings (SSSR count). The zero-order valence-electron chi connectivity index (χ0n) is 8.74. The largest absolute Gasteiger partial charge is 0.431 e. The van der Waals surface area contributed by atoms with Crippen molar-refractivity contribution in [1.29, 1.82) is 0 Å². The molecule has 0 aromatic heterocycles. The monoisotopic (exact) mass is 255 g/mol. The molecule has 1 heterocycles. The van der Waals surface area contributed by atoms with Crippen LogP contribution in [0.2, 0.25) is 5.02 Å². The van der Waals surface area contributed by atoms with Crippen molar-refractivity contribution >= 4 is 29.6 Å². The van der Waals surface area contributed by atoms with E-state index in [0.29, 0.717) is 6.29 Å². The third-order valence-electron chi connectivity index (χ3n) is 2.34. The SMILES string of the molecule is CC1=NC(c2cc(Cl)c(F)cc2C=O)OC1=O. The number of benzene rings is 1. The van der Waals surface area contributed by atoms with Crippen LogP contribution >= 0.6 is 11.6 Å². The second kappa shape index (κ2) is 4.25. The number of nitrogens with zero attached hydrogens (tertiary/aromatic N) is 1. The molecule has 0 aliphatic carbocycles. The van der Waals surface area contributed by atoms with Crippen molar-refractivity contribution < 1.29 is 18.7 Å². The molecule has 1 atom stereocenters. The third-order valence-corrected chi connectivity index (χ3v) is 2.63. The third kappa shape index (κ3) is 2.06. The standard InChI is InChI=1S/C11H7ClFNO3/c1-5-11(16)17-10(14-5)7-3-8(12)9(13)2-6(7)4-15/h2-4,10H,1H3. The van der Waals surface area contributed by atoms with Gasteiger partial charge >= 0.3 is 5.97 Å². The molecule has 0 saturated heterocycles. The smallest absolute Gasteiger partial charge is 0.354 e. The lowest BCUT2D eigenvalue weighted by Gasteiger charge is -2.10. The molecule has 1 aliphatic rings. The van der Waals surface area contributed by atoms with Gasteiger partial charge in [-0.05, 0) is 19.1 Å². The van der Waals surface area contributed by atoms with Gasteiger partial charge in [0, 0.05) is 11.1 Å². The van der Waals surface area contributed by atoms with Crippen molar-refractivity contribution in [1.82, 2.24) is 0 Å². The topological polar surface area (TPSA) is 55.7 Å². The first-order valence-corrected chi connectivity index (χ1v) is 5.10. The van der Waals surface area contributed by atoms with Gasteiger partial charge in [0.1, 0.15) is 11.5 Å². The summed E-state index contributed by atoms with van der Waals surface area (Å²) in [7, 11) is 0. The molecule has 88 valence electrons. The van der Waals surface area contributed by atoms with Gasteiger partial charge in [0.05, 0.1) is 5.02 Å². The molecular formula is C11H7ClFNO3. The van der Waals surface area contributed by atoms with E-state index < -0.39 is 18.0 Å². The first-order chi connectivity index (χ1) is 8.02. The first kappa shape index (κ1) is 11.7. The predicted octanol–water partition coefficient (Wildman–Crippen LogP) is 2.31. The summed E-state index contributed by atoms with van der Waals surface area (Å²) >= 11 is 5.61. The molecular weight excluding hydrogens is 249 g/mol. The molecule has 0 bridgehead atoms. The van der Waals surface area contributed by atoms with Crippen molar-refractivity contribution in [3.8, 4) is 0 Å². The minimum absolute atomic E-state index is 0.0585. The van der Waals surface area contributed by atoms with Gasteiger partial charge in [0.15, 0.2) is 6.29 Å². The highest BCUT2D eigenvalue weighted by Crippen LogP contribution is 2.30. The van der Waals surface area contributed by atoms with Gasteiger partial charge < -0.3 is 4.74 Å². The number of hydrogen-bond donors (Lipinski definition) is 0. The van der Waals surface area contributed by atoms with Gasteiger partial charge in [-0.1, -0.05) is 11.6 Å². The Kier molecular flexibility index (Phi) is 2.93. The molecule has 0 N–H and O–H groups in total. The van der Waals surface area contributed by atoms with E-state index in [1.165, 1.54) is 13.0 Å². The van der Waals surface area contributed by atoms with Gasteiger partial charge in [-0.15, -0.1) is 0 Å². The van der Waals surface area contributed by atoms with E-state index in [9.17, 15) is 14.0 Å². The number of carbonyl (C=O) groups excluding carboxylic acids is 2. The zero-order chi connectivity index (χ0) is 12.6. The van der Waals surface area contributed by atoms with Crippen molar-refractivity contribution in [2.24, 2.45) is 4.99 Å². The highest BCUT2D eigenvalue weighted by atomic mass is 35.5. The Labute approximate surface area is 101 Å². The van der Waals surface area contributed by atoms with Crippen LogP contribution in [0.15, 0.2) is 17.1 Å². The Bertz CT molecular complexity index is 542. The van der Waals surface area contributed by atoms with Crippen LogP contribution < -0.4 is 0 Å². The fraction of sp³-hybridized carbons (Fsp3) is 0.182. The molecule has 0 amide bonds. The molecule has 0 spiro atoms. The van der Waals surface area contributed by atoms with Gasteiger partial charge in [0.2, 0.25) is 6.23 Å². The van der Waals surface area contributed by atoms with Gasteiger partial charge in [-0.2, -0.15) is 0 Å². The highest BCUT2D eigenvalue weighted by molar-refractivity contribution is 6.36. The van der Waals surface area contributed by atoms with E-state index in [2.05, 4.69) is 4.99 Å². The average Bonchev–Trinajstić information content (AvgIpc) is 2.62. The first-order valence-electron chi connectivity index (χ1n) is 4.72. The maximum Gasteiger partial charge on any atom is 0.354 e.